The number of aromatic amines is 1. The molecule has 1 aromatic carbocycles. The first-order chi connectivity index (χ1) is 13.5. The van der Waals surface area contributed by atoms with Gasteiger partial charge in [0.25, 0.3) is 0 Å². The van der Waals surface area contributed by atoms with Crippen molar-refractivity contribution in [3.63, 3.8) is 0 Å². The largest absolute Gasteiger partial charge is 0.447 e. The van der Waals surface area contributed by atoms with Crippen molar-refractivity contribution in [2.24, 2.45) is 0 Å². The number of nitrogens with zero attached hydrogens (tertiary/aromatic N) is 1. The van der Waals surface area contributed by atoms with Gasteiger partial charge in [-0.3, -0.25) is 10.1 Å². The molecule has 7 nitrogen and oxygen atoms in total. The molecule has 1 amide bonds. The predicted octanol–water partition coefficient (Wildman–Crippen LogP) is 4.35. The van der Waals surface area contributed by atoms with E-state index < -0.39 is 6.09 Å². The van der Waals surface area contributed by atoms with Crippen LogP contribution < -0.4 is 10.6 Å². The normalized spacial score (nSPS) is 10.7. The highest BCUT2D eigenvalue weighted by Gasteiger charge is 2.11. The van der Waals surface area contributed by atoms with Gasteiger partial charge in [-0.2, -0.15) is 0 Å². The molecule has 7 heteroatoms. The molecule has 0 saturated carbocycles. The monoisotopic (exact) mass is 378 g/mol. The fourth-order valence-electron chi connectivity index (χ4n) is 2.73. The van der Waals surface area contributed by atoms with Gasteiger partial charge in [0.05, 0.1) is 24.5 Å². The third kappa shape index (κ3) is 4.56. The highest BCUT2D eigenvalue weighted by Crippen LogP contribution is 2.30. The van der Waals surface area contributed by atoms with Gasteiger partial charge in [-0.15, -0.1) is 0 Å². The first kappa shape index (κ1) is 19.2. The van der Waals surface area contributed by atoms with Gasteiger partial charge in [0.1, 0.15) is 5.65 Å². The summed E-state index contributed by atoms with van der Waals surface area (Å²) in [5.74, 6) is -0.0781. The molecule has 0 atom stereocenters. The summed E-state index contributed by atoms with van der Waals surface area (Å²) in [6.45, 7) is 7.23. The van der Waals surface area contributed by atoms with E-state index in [1.165, 1.54) is 6.08 Å². The number of benzene rings is 1. The zero-order valence-electron chi connectivity index (χ0n) is 15.8. The molecular formula is C21H22N4O3. The first-order valence-corrected chi connectivity index (χ1v) is 8.90. The van der Waals surface area contributed by atoms with Crippen molar-refractivity contribution in [1.82, 2.24) is 9.97 Å². The average Bonchev–Trinajstić information content (AvgIpc) is 3.09. The number of pyridine rings is 1. The summed E-state index contributed by atoms with van der Waals surface area (Å²) in [7, 11) is 0. The van der Waals surface area contributed by atoms with Gasteiger partial charge < -0.3 is 15.0 Å². The fraction of sp³-hybridized carbons (Fsp3) is 0.190. The standard InChI is InChI=1S/C21H22N4O3/c1-4-17(26)11-22-15-7-5-6-14(8-15)19-12-24-20-18(19)9-16(10-23-20)25-21(27)28-13(2)3/h4-10,12-13,22H,1,11H2,2-3H3,(H,23,24)(H,25,27). The zero-order valence-corrected chi connectivity index (χ0v) is 15.8. The summed E-state index contributed by atoms with van der Waals surface area (Å²) in [6, 6.07) is 9.56. The van der Waals surface area contributed by atoms with Crippen LogP contribution >= 0.6 is 0 Å². The number of aromatic nitrogens is 2. The van der Waals surface area contributed by atoms with Crippen LogP contribution in [-0.2, 0) is 9.53 Å². The quantitative estimate of drug-likeness (QED) is 0.531. The molecule has 0 spiro atoms. The number of nitrogens with one attached hydrogen (secondary N) is 3. The van der Waals surface area contributed by atoms with Crippen molar-refractivity contribution in [1.29, 1.82) is 0 Å². The number of hydrogen-bond acceptors (Lipinski definition) is 5. The van der Waals surface area contributed by atoms with Crippen molar-refractivity contribution in [2.45, 2.75) is 20.0 Å². The molecule has 3 rings (SSSR count). The van der Waals surface area contributed by atoms with Gasteiger partial charge in [0, 0.05) is 22.8 Å². The Labute approximate surface area is 162 Å². The number of fused-ring (bicyclic) bond motifs is 1. The lowest BCUT2D eigenvalue weighted by molar-refractivity contribution is -0.113. The summed E-state index contributed by atoms with van der Waals surface area (Å²) in [4.78, 5) is 30.8. The van der Waals surface area contributed by atoms with E-state index in [0.29, 0.717) is 11.3 Å². The summed E-state index contributed by atoms with van der Waals surface area (Å²) in [5.41, 5.74) is 3.96. The van der Waals surface area contributed by atoms with Gasteiger partial charge in [-0.25, -0.2) is 9.78 Å². The maximum absolute atomic E-state index is 11.8. The summed E-state index contributed by atoms with van der Waals surface area (Å²) in [5, 5.41) is 6.63. The topological polar surface area (TPSA) is 96.1 Å². The molecule has 3 aromatic rings. The van der Waals surface area contributed by atoms with E-state index in [1.54, 1.807) is 20.0 Å². The van der Waals surface area contributed by atoms with Crippen molar-refractivity contribution >= 4 is 34.3 Å². The van der Waals surface area contributed by atoms with E-state index >= 15 is 0 Å². The van der Waals surface area contributed by atoms with Gasteiger partial charge in [-0.1, -0.05) is 18.7 Å². The molecule has 0 saturated heterocycles. The molecule has 2 heterocycles. The van der Waals surface area contributed by atoms with Crippen LogP contribution in [0, 0.1) is 0 Å². The van der Waals surface area contributed by atoms with E-state index in [0.717, 1.165) is 22.2 Å². The smallest absolute Gasteiger partial charge is 0.411 e. The SMILES string of the molecule is C=CC(=O)CNc1cccc(-c2c[nH]c3ncc(NC(=O)OC(C)C)cc23)c1. The van der Waals surface area contributed by atoms with Gasteiger partial charge >= 0.3 is 6.09 Å². The number of carbonyl (C=O) groups excluding carboxylic acids is 2. The summed E-state index contributed by atoms with van der Waals surface area (Å²) in [6.07, 6.45) is 4.00. The third-order valence-corrected chi connectivity index (χ3v) is 3.99. The van der Waals surface area contributed by atoms with E-state index in [1.807, 2.05) is 36.5 Å². The van der Waals surface area contributed by atoms with Crippen molar-refractivity contribution in [3.8, 4) is 11.1 Å². The second-order valence-corrected chi connectivity index (χ2v) is 6.51. The van der Waals surface area contributed by atoms with Crippen LogP contribution in [0.15, 0.2) is 55.4 Å². The molecule has 0 unspecified atom stereocenters. The molecule has 0 radical (unpaired) electrons. The number of amides is 1. The lowest BCUT2D eigenvalue weighted by Crippen LogP contribution is -2.18. The molecule has 3 N–H and O–H groups in total. The molecule has 2 aromatic heterocycles. The van der Waals surface area contributed by atoms with Crippen LogP contribution in [0.25, 0.3) is 22.2 Å². The summed E-state index contributed by atoms with van der Waals surface area (Å²) >= 11 is 0. The number of H-pyrrole nitrogens is 1. The van der Waals surface area contributed by atoms with E-state index in [-0.39, 0.29) is 18.4 Å². The second kappa shape index (κ2) is 8.39. The van der Waals surface area contributed by atoms with Crippen LogP contribution in [-0.4, -0.2) is 34.5 Å². The Hall–Kier alpha value is -3.61. The Balaban J connectivity index is 1.87. The third-order valence-electron chi connectivity index (χ3n) is 3.99. The summed E-state index contributed by atoms with van der Waals surface area (Å²) < 4.78 is 5.11. The highest BCUT2D eigenvalue weighted by molar-refractivity contribution is 5.97. The number of ether oxygens (including phenoxy) is 1. The number of ketones is 1. The molecule has 0 bridgehead atoms. The highest BCUT2D eigenvalue weighted by atomic mass is 16.6. The van der Waals surface area contributed by atoms with Crippen LogP contribution in [0.4, 0.5) is 16.2 Å². The maximum Gasteiger partial charge on any atom is 0.411 e. The minimum Gasteiger partial charge on any atom is -0.447 e. The van der Waals surface area contributed by atoms with Crippen LogP contribution in [0.5, 0.6) is 0 Å². The average molecular weight is 378 g/mol. The first-order valence-electron chi connectivity index (χ1n) is 8.90. The number of rotatable bonds is 7. The minimum atomic E-state index is -0.522. The van der Waals surface area contributed by atoms with Gasteiger partial charge in [-0.05, 0) is 43.7 Å². The Bertz CT molecular complexity index is 1020. The second-order valence-electron chi connectivity index (χ2n) is 6.51. The Morgan fingerprint density at radius 1 is 1.29 bits per heavy atom. The maximum atomic E-state index is 11.8. The van der Waals surface area contributed by atoms with E-state index in [2.05, 4.69) is 27.2 Å². The number of anilines is 2. The van der Waals surface area contributed by atoms with Crippen LogP contribution in [0.1, 0.15) is 13.8 Å². The molecule has 28 heavy (non-hydrogen) atoms. The lowest BCUT2D eigenvalue weighted by atomic mass is 10.0. The van der Waals surface area contributed by atoms with E-state index in [4.69, 9.17) is 4.74 Å². The molecule has 0 aliphatic rings. The zero-order chi connectivity index (χ0) is 20.1. The molecule has 0 fully saturated rings. The minimum absolute atomic E-state index is 0.0781. The van der Waals surface area contributed by atoms with E-state index in [9.17, 15) is 9.59 Å². The van der Waals surface area contributed by atoms with Crippen molar-refractivity contribution in [3.05, 3.63) is 55.4 Å². The van der Waals surface area contributed by atoms with Crippen LogP contribution in [0.2, 0.25) is 0 Å². The number of hydrogen-bond donors (Lipinski definition) is 3. The fourth-order valence-corrected chi connectivity index (χ4v) is 2.73. The molecule has 0 aliphatic heterocycles. The predicted molar refractivity (Wildman–Crippen MR) is 110 cm³/mol. The molecular weight excluding hydrogens is 356 g/mol. The van der Waals surface area contributed by atoms with Gasteiger partial charge in [0.15, 0.2) is 5.78 Å². The Morgan fingerprint density at radius 2 is 2.11 bits per heavy atom. The van der Waals surface area contributed by atoms with Gasteiger partial charge in [0.2, 0.25) is 0 Å². The molecule has 0 aliphatic carbocycles. The van der Waals surface area contributed by atoms with Crippen LogP contribution in [0.3, 0.4) is 0 Å². The Kier molecular flexibility index (Phi) is 5.74. The Morgan fingerprint density at radius 3 is 2.86 bits per heavy atom. The van der Waals surface area contributed by atoms with Crippen molar-refractivity contribution in [2.75, 3.05) is 17.2 Å². The van der Waals surface area contributed by atoms with Crippen molar-refractivity contribution < 1.29 is 14.3 Å². The lowest BCUT2D eigenvalue weighted by Gasteiger charge is -2.10. The number of carbonyl (C=O) groups is 2. The molecule has 144 valence electrons.